The fraction of sp³-hybridized carbons (Fsp3) is 0.227. The first-order valence-electron chi connectivity index (χ1n) is 10.5. The molecular formula is C22H22N8O3S. The number of nitriles is 1. The van der Waals surface area contributed by atoms with E-state index in [4.69, 9.17) is 11.0 Å². The Morgan fingerprint density at radius 3 is 2.44 bits per heavy atom. The topological polar surface area (TPSA) is 167 Å². The molecule has 1 amide bonds. The van der Waals surface area contributed by atoms with E-state index in [0.29, 0.717) is 48.8 Å². The lowest BCUT2D eigenvalue weighted by atomic mass is 10.1. The van der Waals surface area contributed by atoms with Crippen LogP contribution in [-0.4, -0.2) is 52.7 Å². The molecule has 1 fully saturated rings. The summed E-state index contributed by atoms with van der Waals surface area (Å²) in [5.74, 6) is 0.324. The molecule has 0 unspecified atom stereocenters. The van der Waals surface area contributed by atoms with Crippen LogP contribution >= 0.6 is 0 Å². The van der Waals surface area contributed by atoms with E-state index in [1.807, 2.05) is 6.07 Å². The number of carbonyl (C=O) groups is 1. The number of hydrogen-bond donors (Lipinski definition) is 3. The van der Waals surface area contributed by atoms with Gasteiger partial charge in [0.2, 0.25) is 10.0 Å². The van der Waals surface area contributed by atoms with E-state index in [-0.39, 0.29) is 16.5 Å². The number of primary amides is 1. The highest BCUT2D eigenvalue weighted by atomic mass is 32.2. The molecule has 0 radical (unpaired) electrons. The number of nitrogens with zero attached hydrogens (tertiary/aromatic N) is 5. The summed E-state index contributed by atoms with van der Waals surface area (Å²) in [6.45, 7) is 0.614. The van der Waals surface area contributed by atoms with Crippen LogP contribution in [-0.2, 0) is 10.0 Å². The molecule has 4 N–H and O–H groups in total. The predicted molar refractivity (Wildman–Crippen MR) is 125 cm³/mol. The zero-order valence-corrected chi connectivity index (χ0v) is 18.9. The summed E-state index contributed by atoms with van der Waals surface area (Å²) in [4.78, 5) is 24.4. The van der Waals surface area contributed by atoms with Crippen molar-refractivity contribution in [1.29, 1.82) is 5.26 Å². The lowest BCUT2D eigenvalue weighted by Gasteiger charge is -2.32. The van der Waals surface area contributed by atoms with Gasteiger partial charge in [-0.05, 0) is 37.1 Å². The zero-order chi connectivity index (χ0) is 24.1. The Morgan fingerprint density at radius 1 is 1.09 bits per heavy atom. The van der Waals surface area contributed by atoms with Gasteiger partial charge in [0.15, 0.2) is 0 Å². The van der Waals surface area contributed by atoms with Gasteiger partial charge in [-0.2, -0.15) is 9.57 Å². The molecule has 174 valence electrons. The van der Waals surface area contributed by atoms with Crippen molar-refractivity contribution >= 4 is 33.3 Å². The molecule has 0 aliphatic carbocycles. The Hall–Kier alpha value is -4.08. The summed E-state index contributed by atoms with van der Waals surface area (Å²) in [5, 5.41) is 15.2. The Balaban J connectivity index is 1.45. The summed E-state index contributed by atoms with van der Waals surface area (Å²) in [6.07, 6.45) is 7.08. The highest BCUT2D eigenvalue weighted by Gasteiger charge is 2.30. The third kappa shape index (κ3) is 5.11. The van der Waals surface area contributed by atoms with Gasteiger partial charge in [-0.25, -0.2) is 18.4 Å². The number of amides is 1. The molecule has 1 saturated heterocycles. The normalized spacial score (nSPS) is 14.8. The number of piperidine rings is 1. The van der Waals surface area contributed by atoms with E-state index in [1.54, 1.807) is 24.7 Å². The quantitative estimate of drug-likeness (QED) is 0.459. The predicted octanol–water partition coefficient (Wildman–Crippen LogP) is 1.85. The lowest BCUT2D eigenvalue weighted by molar-refractivity contribution is 0.100. The Labute approximate surface area is 196 Å². The molecule has 34 heavy (non-hydrogen) atoms. The average Bonchev–Trinajstić information content (AvgIpc) is 2.85. The van der Waals surface area contributed by atoms with Gasteiger partial charge >= 0.3 is 0 Å². The average molecular weight is 479 g/mol. The fourth-order valence-corrected chi connectivity index (χ4v) is 5.11. The first kappa shape index (κ1) is 23.1. The summed E-state index contributed by atoms with van der Waals surface area (Å²) in [6, 6.07) is 9.43. The first-order chi connectivity index (χ1) is 16.4. The Morgan fingerprint density at radius 2 is 1.82 bits per heavy atom. The van der Waals surface area contributed by atoms with Crippen molar-refractivity contribution in [1.82, 2.24) is 19.3 Å². The van der Waals surface area contributed by atoms with E-state index in [2.05, 4.69) is 25.6 Å². The maximum Gasteiger partial charge on any atom is 0.252 e. The first-order valence-corrected chi connectivity index (χ1v) is 11.9. The Kier molecular flexibility index (Phi) is 6.67. The Bertz CT molecular complexity index is 1320. The van der Waals surface area contributed by atoms with Crippen molar-refractivity contribution in [2.24, 2.45) is 5.73 Å². The van der Waals surface area contributed by atoms with E-state index in [1.165, 1.54) is 34.8 Å². The van der Waals surface area contributed by atoms with Crippen molar-refractivity contribution in [3.8, 4) is 6.07 Å². The van der Waals surface area contributed by atoms with Crippen LogP contribution in [0.1, 0.15) is 28.8 Å². The van der Waals surface area contributed by atoms with Crippen LogP contribution in [0.5, 0.6) is 0 Å². The van der Waals surface area contributed by atoms with Crippen LogP contribution in [0.15, 0.2) is 60.0 Å². The molecule has 0 atom stereocenters. The van der Waals surface area contributed by atoms with Crippen molar-refractivity contribution in [2.75, 3.05) is 23.7 Å². The number of aromatic nitrogens is 3. The molecular weight excluding hydrogens is 456 g/mol. The number of hydrogen-bond acceptors (Lipinski definition) is 9. The summed E-state index contributed by atoms with van der Waals surface area (Å²) in [7, 11) is -3.66. The van der Waals surface area contributed by atoms with Crippen LogP contribution in [0.4, 0.5) is 17.3 Å². The van der Waals surface area contributed by atoms with Crippen LogP contribution in [0.25, 0.3) is 0 Å². The standard InChI is InChI=1S/C22H22N8O3S/c23-12-15-1-3-17(4-2-15)34(32,33)30-9-5-16(6-10-30)28-19-11-20(27-13-18(19)22(24)31)29-21-14-25-7-8-26-21/h1-4,7-8,11,13-14,16H,5-6,9-10H2,(H2,24,31)(H2,26,27,28,29). The maximum absolute atomic E-state index is 12.9. The van der Waals surface area contributed by atoms with E-state index in [0.717, 1.165) is 0 Å². The summed E-state index contributed by atoms with van der Waals surface area (Å²) in [5.41, 5.74) is 6.65. The van der Waals surface area contributed by atoms with E-state index in [9.17, 15) is 13.2 Å². The maximum atomic E-state index is 12.9. The molecule has 1 aromatic carbocycles. The third-order valence-corrected chi connectivity index (χ3v) is 7.34. The monoisotopic (exact) mass is 478 g/mol. The van der Waals surface area contributed by atoms with Crippen LogP contribution in [0.2, 0.25) is 0 Å². The number of nitrogens with two attached hydrogens (primary N) is 1. The SMILES string of the molecule is N#Cc1ccc(S(=O)(=O)N2CCC(Nc3cc(Nc4cnccn4)ncc3C(N)=O)CC2)cc1. The second-order valence-corrected chi connectivity index (χ2v) is 9.59. The number of nitrogens with one attached hydrogen (secondary N) is 2. The molecule has 2 aromatic heterocycles. The minimum atomic E-state index is -3.66. The van der Waals surface area contributed by atoms with Gasteiger partial charge in [-0.3, -0.25) is 9.78 Å². The minimum absolute atomic E-state index is 0.0720. The number of pyridine rings is 1. The number of benzene rings is 1. The molecule has 3 heterocycles. The molecule has 1 aliphatic heterocycles. The second kappa shape index (κ2) is 9.82. The van der Waals surface area contributed by atoms with Crippen LogP contribution in [0.3, 0.4) is 0 Å². The highest BCUT2D eigenvalue weighted by Crippen LogP contribution is 2.26. The summed E-state index contributed by atoms with van der Waals surface area (Å²) < 4.78 is 27.3. The second-order valence-electron chi connectivity index (χ2n) is 7.65. The highest BCUT2D eigenvalue weighted by molar-refractivity contribution is 7.89. The van der Waals surface area contributed by atoms with Crippen molar-refractivity contribution in [2.45, 2.75) is 23.8 Å². The van der Waals surface area contributed by atoms with Crippen LogP contribution < -0.4 is 16.4 Å². The van der Waals surface area contributed by atoms with Crippen molar-refractivity contribution in [3.63, 3.8) is 0 Å². The van der Waals surface area contributed by atoms with Gasteiger partial charge < -0.3 is 16.4 Å². The largest absolute Gasteiger partial charge is 0.381 e. The number of carbonyl (C=O) groups excluding carboxylic acids is 1. The molecule has 0 bridgehead atoms. The molecule has 1 aliphatic rings. The van der Waals surface area contributed by atoms with Gasteiger partial charge in [-0.1, -0.05) is 0 Å². The van der Waals surface area contributed by atoms with Gasteiger partial charge in [0.25, 0.3) is 5.91 Å². The van der Waals surface area contributed by atoms with Gasteiger partial charge in [-0.15, -0.1) is 0 Å². The van der Waals surface area contributed by atoms with Gasteiger partial charge in [0.05, 0.1) is 34.0 Å². The lowest BCUT2D eigenvalue weighted by Crippen LogP contribution is -2.42. The molecule has 11 nitrogen and oxygen atoms in total. The summed E-state index contributed by atoms with van der Waals surface area (Å²) >= 11 is 0. The van der Waals surface area contributed by atoms with Crippen LogP contribution in [0, 0.1) is 11.3 Å². The molecule has 4 rings (SSSR count). The molecule has 0 spiro atoms. The van der Waals surface area contributed by atoms with E-state index >= 15 is 0 Å². The molecule has 12 heteroatoms. The number of sulfonamides is 1. The van der Waals surface area contributed by atoms with Gasteiger partial charge in [0.1, 0.15) is 11.6 Å². The van der Waals surface area contributed by atoms with Gasteiger partial charge in [0, 0.05) is 43.8 Å². The number of rotatable bonds is 7. The van der Waals surface area contributed by atoms with Crippen molar-refractivity contribution in [3.05, 3.63) is 66.2 Å². The van der Waals surface area contributed by atoms with E-state index < -0.39 is 15.9 Å². The zero-order valence-electron chi connectivity index (χ0n) is 18.0. The molecule has 3 aromatic rings. The smallest absolute Gasteiger partial charge is 0.252 e. The third-order valence-electron chi connectivity index (χ3n) is 5.42. The van der Waals surface area contributed by atoms with Crippen molar-refractivity contribution < 1.29 is 13.2 Å². The fourth-order valence-electron chi connectivity index (χ4n) is 3.65. The minimum Gasteiger partial charge on any atom is -0.381 e. The number of anilines is 3. The molecule has 0 saturated carbocycles.